The summed E-state index contributed by atoms with van der Waals surface area (Å²) in [4.78, 5) is 33.6. The van der Waals surface area contributed by atoms with Gasteiger partial charge in [0.1, 0.15) is 0 Å². The summed E-state index contributed by atoms with van der Waals surface area (Å²) in [5, 5.41) is 11.3. The molecule has 19 heavy (non-hydrogen) atoms. The Morgan fingerprint density at radius 2 is 1.74 bits per heavy atom. The van der Waals surface area contributed by atoms with E-state index in [1.165, 1.54) is 0 Å². The first kappa shape index (κ1) is 13.3. The van der Waals surface area contributed by atoms with Crippen molar-refractivity contribution in [1.82, 2.24) is 0 Å². The SMILES string of the molecule is O=C(O)CCC(=O)c1ccc(NC(=O)C2CC2)cc1. The van der Waals surface area contributed by atoms with E-state index >= 15 is 0 Å². The monoisotopic (exact) mass is 261 g/mol. The van der Waals surface area contributed by atoms with E-state index in [0.29, 0.717) is 11.3 Å². The lowest BCUT2D eigenvalue weighted by Gasteiger charge is -2.05. The van der Waals surface area contributed by atoms with Crippen molar-refractivity contribution in [2.24, 2.45) is 5.92 Å². The molecule has 0 bridgehead atoms. The van der Waals surface area contributed by atoms with E-state index in [2.05, 4.69) is 5.32 Å². The molecular weight excluding hydrogens is 246 g/mol. The molecule has 1 aliphatic carbocycles. The second-order valence-corrected chi connectivity index (χ2v) is 4.66. The van der Waals surface area contributed by atoms with Crippen molar-refractivity contribution in [3.63, 3.8) is 0 Å². The minimum Gasteiger partial charge on any atom is -0.481 e. The van der Waals surface area contributed by atoms with Crippen LogP contribution < -0.4 is 5.32 Å². The number of amides is 1. The van der Waals surface area contributed by atoms with Crippen molar-refractivity contribution in [2.45, 2.75) is 25.7 Å². The molecule has 2 N–H and O–H groups in total. The van der Waals surface area contributed by atoms with Crippen LogP contribution in [-0.4, -0.2) is 22.8 Å². The highest BCUT2D eigenvalue weighted by molar-refractivity contribution is 5.98. The predicted octanol–water partition coefficient (Wildman–Crippen LogP) is 2.08. The summed E-state index contributed by atoms with van der Waals surface area (Å²) < 4.78 is 0. The van der Waals surface area contributed by atoms with E-state index in [4.69, 9.17) is 5.11 Å². The molecule has 1 fully saturated rings. The van der Waals surface area contributed by atoms with E-state index in [-0.39, 0.29) is 30.4 Å². The number of hydrogen-bond donors (Lipinski definition) is 2. The standard InChI is InChI=1S/C14H15NO4/c16-12(7-8-13(17)18)9-3-5-11(6-4-9)15-14(19)10-1-2-10/h3-6,10H,1-2,7-8H2,(H,15,19)(H,17,18). The fraction of sp³-hybridized carbons (Fsp3) is 0.357. The van der Waals surface area contributed by atoms with Gasteiger partial charge in [0.25, 0.3) is 0 Å². The van der Waals surface area contributed by atoms with Gasteiger partial charge in [-0.05, 0) is 37.1 Å². The molecule has 1 saturated carbocycles. The van der Waals surface area contributed by atoms with Gasteiger partial charge in [-0.25, -0.2) is 0 Å². The summed E-state index contributed by atoms with van der Waals surface area (Å²) in [6.07, 6.45) is 1.71. The maximum Gasteiger partial charge on any atom is 0.303 e. The molecule has 0 radical (unpaired) electrons. The van der Waals surface area contributed by atoms with Crippen LogP contribution in [0.4, 0.5) is 5.69 Å². The van der Waals surface area contributed by atoms with E-state index < -0.39 is 5.97 Å². The average Bonchev–Trinajstić information content (AvgIpc) is 3.21. The van der Waals surface area contributed by atoms with Crippen molar-refractivity contribution in [1.29, 1.82) is 0 Å². The molecule has 0 heterocycles. The van der Waals surface area contributed by atoms with E-state index in [0.717, 1.165) is 12.8 Å². The number of benzene rings is 1. The number of rotatable bonds is 6. The van der Waals surface area contributed by atoms with Crippen LogP contribution in [0.5, 0.6) is 0 Å². The molecule has 0 aliphatic heterocycles. The quantitative estimate of drug-likeness (QED) is 0.768. The van der Waals surface area contributed by atoms with Crippen LogP contribution in [0.1, 0.15) is 36.0 Å². The number of carboxylic acid groups (broad SMARTS) is 1. The lowest BCUT2D eigenvalue weighted by molar-refractivity contribution is -0.137. The second kappa shape index (κ2) is 5.65. The van der Waals surface area contributed by atoms with E-state index in [9.17, 15) is 14.4 Å². The van der Waals surface area contributed by atoms with E-state index in [1.807, 2.05) is 0 Å². The summed E-state index contributed by atoms with van der Waals surface area (Å²) >= 11 is 0. The Labute approximate surface area is 110 Å². The number of nitrogens with one attached hydrogen (secondary N) is 1. The molecule has 0 unspecified atom stereocenters. The molecule has 0 saturated heterocycles. The van der Waals surface area contributed by atoms with Gasteiger partial charge in [-0.1, -0.05) is 0 Å². The molecule has 2 rings (SSSR count). The van der Waals surface area contributed by atoms with Gasteiger partial charge in [0.15, 0.2) is 5.78 Å². The van der Waals surface area contributed by atoms with Crippen molar-refractivity contribution in [3.8, 4) is 0 Å². The van der Waals surface area contributed by atoms with Gasteiger partial charge in [-0.3, -0.25) is 14.4 Å². The van der Waals surface area contributed by atoms with Crippen molar-refractivity contribution >= 4 is 23.3 Å². The van der Waals surface area contributed by atoms with Crippen LogP contribution in [-0.2, 0) is 9.59 Å². The molecule has 0 atom stereocenters. The van der Waals surface area contributed by atoms with Gasteiger partial charge in [-0.15, -0.1) is 0 Å². The second-order valence-electron chi connectivity index (χ2n) is 4.66. The van der Waals surface area contributed by atoms with Gasteiger partial charge in [0.2, 0.25) is 5.91 Å². The topological polar surface area (TPSA) is 83.5 Å². The first-order chi connectivity index (χ1) is 9.06. The maximum atomic E-state index is 11.7. The normalized spacial score (nSPS) is 13.9. The summed E-state index contributed by atoms with van der Waals surface area (Å²) in [6.45, 7) is 0. The lowest BCUT2D eigenvalue weighted by atomic mass is 10.1. The Bertz CT molecular complexity index is 503. The van der Waals surface area contributed by atoms with Gasteiger partial charge in [-0.2, -0.15) is 0 Å². The molecule has 1 aliphatic rings. The fourth-order valence-electron chi connectivity index (χ4n) is 1.69. The van der Waals surface area contributed by atoms with E-state index in [1.54, 1.807) is 24.3 Å². The molecule has 1 aromatic rings. The highest BCUT2D eigenvalue weighted by Crippen LogP contribution is 2.30. The molecular formula is C14H15NO4. The summed E-state index contributed by atoms with van der Waals surface area (Å²) in [6, 6.07) is 6.53. The molecule has 1 aromatic carbocycles. The van der Waals surface area contributed by atoms with Crippen LogP contribution in [0.2, 0.25) is 0 Å². The minimum atomic E-state index is -0.985. The number of carboxylic acids is 1. The van der Waals surface area contributed by atoms with Gasteiger partial charge >= 0.3 is 5.97 Å². The zero-order valence-electron chi connectivity index (χ0n) is 10.4. The number of Topliss-reactive ketones (excluding diaryl/α,β-unsaturated/α-hetero) is 1. The Balaban J connectivity index is 1.91. The van der Waals surface area contributed by atoms with Gasteiger partial charge in [0, 0.05) is 23.6 Å². The average molecular weight is 261 g/mol. The van der Waals surface area contributed by atoms with Crippen LogP contribution in [0, 0.1) is 5.92 Å². The predicted molar refractivity (Wildman–Crippen MR) is 69.0 cm³/mol. The van der Waals surface area contributed by atoms with Crippen LogP contribution in [0.25, 0.3) is 0 Å². The van der Waals surface area contributed by atoms with Crippen molar-refractivity contribution in [3.05, 3.63) is 29.8 Å². The first-order valence-electron chi connectivity index (χ1n) is 6.22. The number of aliphatic carboxylic acids is 1. The minimum absolute atomic E-state index is 0.0108. The third-order valence-corrected chi connectivity index (χ3v) is 2.99. The smallest absolute Gasteiger partial charge is 0.303 e. The third kappa shape index (κ3) is 3.91. The first-order valence-corrected chi connectivity index (χ1v) is 6.22. The van der Waals surface area contributed by atoms with Crippen molar-refractivity contribution < 1.29 is 19.5 Å². The molecule has 0 spiro atoms. The third-order valence-electron chi connectivity index (χ3n) is 2.99. The number of hydrogen-bond acceptors (Lipinski definition) is 3. The Kier molecular flexibility index (Phi) is 3.94. The highest BCUT2D eigenvalue weighted by Gasteiger charge is 2.29. The van der Waals surface area contributed by atoms with Gasteiger partial charge < -0.3 is 10.4 Å². The lowest BCUT2D eigenvalue weighted by Crippen LogP contribution is -2.13. The summed E-state index contributed by atoms with van der Waals surface area (Å²) in [7, 11) is 0. The molecule has 0 aromatic heterocycles. The number of anilines is 1. The molecule has 1 amide bonds. The Hall–Kier alpha value is -2.17. The zero-order valence-corrected chi connectivity index (χ0v) is 10.4. The summed E-state index contributed by atoms with van der Waals surface area (Å²) in [5.41, 5.74) is 1.12. The highest BCUT2D eigenvalue weighted by atomic mass is 16.4. The number of carbonyl (C=O) groups excluding carboxylic acids is 2. The fourth-order valence-corrected chi connectivity index (χ4v) is 1.69. The van der Waals surface area contributed by atoms with Crippen LogP contribution in [0.15, 0.2) is 24.3 Å². The molecule has 100 valence electrons. The summed E-state index contributed by atoms with van der Waals surface area (Å²) in [5.74, 6) is -1.04. The molecule has 5 heteroatoms. The number of ketones is 1. The van der Waals surface area contributed by atoms with Gasteiger partial charge in [0.05, 0.1) is 6.42 Å². The largest absolute Gasteiger partial charge is 0.481 e. The van der Waals surface area contributed by atoms with Crippen LogP contribution >= 0.6 is 0 Å². The number of carbonyl (C=O) groups is 3. The zero-order chi connectivity index (χ0) is 13.8. The Morgan fingerprint density at radius 1 is 1.11 bits per heavy atom. The van der Waals surface area contributed by atoms with Crippen LogP contribution in [0.3, 0.4) is 0 Å². The molecule has 5 nitrogen and oxygen atoms in total. The van der Waals surface area contributed by atoms with Crippen molar-refractivity contribution in [2.75, 3.05) is 5.32 Å². The maximum absolute atomic E-state index is 11.7. The Morgan fingerprint density at radius 3 is 2.26 bits per heavy atom.